The van der Waals surface area contributed by atoms with Crippen molar-refractivity contribution in [3.05, 3.63) is 118 Å². The number of rotatable bonds is 8. The molecule has 4 aromatic carbocycles. The summed E-state index contributed by atoms with van der Waals surface area (Å²) in [4.78, 5) is 0. The smallest absolute Gasteiger partial charge is 0.146 e. The monoisotopic (exact) mass is 486 g/mol. The van der Waals surface area contributed by atoms with Crippen molar-refractivity contribution in [2.75, 3.05) is 0 Å². The van der Waals surface area contributed by atoms with E-state index in [-0.39, 0.29) is 5.82 Å². The van der Waals surface area contributed by atoms with Crippen LogP contribution in [0.1, 0.15) is 85.8 Å². The molecule has 0 bridgehead atoms. The molecule has 0 unspecified atom stereocenters. The lowest BCUT2D eigenvalue weighted by atomic mass is 10.0. The molecule has 0 aliphatic rings. The highest BCUT2D eigenvalue weighted by Gasteiger charge is 2.06. The topological polar surface area (TPSA) is 0 Å². The standard InChI is InChI=1S/C36H35F/c1-3-5-7-9-28-11-13-29(14-12-28)15-16-30-17-19-31(20-18-30)21-23-33-24-25-34-27-32(10-8-6-4-2)22-26-35(34)36(33)37/h11-14,17-20,22,24-27H,3-10H2,1-2H3. The van der Waals surface area contributed by atoms with Crippen molar-refractivity contribution in [1.82, 2.24) is 0 Å². The van der Waals surface area contributed by atoms with Gasteiger partial charge in [-0.3, -0.25) is 0 Å². The SMILES string of the molecule is CCCCCc1ccc(C#Cc2ccc(C#Cc3ccc4cc(CCCCC)ccc4c3F)cc2)cc1. The Morgan fingerprint density at radius 2 is 1.05 bits per heavy atom. The van der Waals surface area contributed by atoms with Gasteiger partial charge in [-0.25, -0.2) is 4.39 Å². The van der Waals surface area contributed by atoms with E-state index in [9.17, 15) is 0 Å². The molecule has 0 saturated heterocycles. The first-order valence-electron chi connectivity index (χ1n) is 13.6. The Bertz CT molecular complexity index is 1440. The van der Waals surface area contributed by atoms with Gasteiger partial charge in [0.05, 0.1) is 5.56 Å². The maximum absolute atomic E-state index is 15.1. The van der Waals surface area contributed by atoms with Crippen molar-refractivity contribution in [3.63, 3.8) is 0 Å². The molecule has 0 spiro atoms. The van der Waals surface area contributed by atoms with Crippen molar-refractivity contribution in [2.45, 2.75) is 65.2 Å². The van der Waals surface area contributed by atoms with Crippen LogP contribution >= 0.6 is 0 Å². The fraction of sp³-hybridized carbons (Fsp3) is 0.278. The number of hydrogen-bond acceptors (Lipinski definition) is 0. The minimum atomic E-state index is -0.246. The first-order chi connectivity index (χ1) is 18.2. The van der Waals surface area contributed by atoms with Crippen LogP contribution in [0.3, 0.4) is 0 Å². The molecule has 0 heterocycles. The van der Waals surface area contributed by atoms with E-state index in [0.29, 0.717) is 10.9 Å². The molecule has 186 valence electrons. The van der Waals surface area contributed by atoms with Gasteiger partial charge in [-0.05, 0) is 84.7 Å². The molecule has 0 amide bonds. The van der Waals surface area contributed by atoms with Crippen LogP contribution in [-0.2, 0) is 12.8 Å². The Hall–Kier alpha value is -3.81. The summed E-state index contributed by atoms with van der Waals surface area (Å²) in [5.74, 6) is 12.3. The molecule has 0 atom stereocenters. The van der Waals surface area contributed by atoms with Gasteiger partial charge in [0, 0.05) is 22.1 Å². The highest BCUT2D eigenvalue weighted by Crippen LogP contribution is 2.23. The second kappa shape index (κ2) is 13.5. The van der Waals surface area contributed by atoms with E-state index in [1.165, 1.54) is 49.7 Å². The molecule has 1 heteroatoms. The van der Waals surface area contributed by atoms with Crippen LogP contribution in [0.5, 0.6) is 0 Å². The Morgan fingerprint density at radius 3 is 1.65 bits per heavy atom. The molecule has 0 N–H and O–H groups in total. The molecule has 0 fully saturated rings. The summed E-state index contributed by atoms with van der Waals surface area (Å²) < 4.78 is 15.1. The predicted molar refractivity (Wildman–Crippen MR) is 155 cm³/mol. The van der Waals surface area contributed by atoms with Crippen LogP contribution in [0.4, 0.5) is 4.39 Å². The lowest BCUT2D eigenvalue weighted by molar-refractivity contribution is 0.636. The highest BCUT2D eigenvalue weighted by atomic mass is 19.1. The molecule has 0 aliphatic heterocycles. The van der Waals surface area contributed by atoms with E-state index in [0.717, 1.165) is 34.9 Å². The normalized spacial score (nSPS) is 10.5. The van der Waals surface area contributed by atoms with Crippen molar-refractivity contribution in [1.29, 1.82) is 0 Å². The van der Waals surface area contributed by atoms with Crippen molar-refractivity contribution < 1.29 is 4.39 Å². The van der Waals surface area contributed by atoms with E-state index in [1.807, 2.05) is 42.5 Å². The second-order valence-electron chi connectivity index (χ2n) is 9.67. The van der Waals surface area contributed by atoms with Crippen LogP contribution in [0.2, 0.25) is 0 Å². The van der Waals surface area contributed by atoms with Crippen molar-refractivity contribution in [2.24, 2.45) is 0 Å². The molecule has 0 saturated carbocycles. The number of unbranched alkanes of at least 4 members (excludes halogenated alkanes) is 4. The Balaban J connectivity index is 1.41. The fourth-order valence-corrected chi connectivity index (χ4v) is 4.43. The Kier molecular flexibility index (Phi) is 9.57. The lowest BCUT2D eigenvalue weighted by Gasteiger charge is -2.06. The van der Waals surface area contributed by atoms with Gasteiger partial charge in [-0.15, -0.1) is 0 Å². The largest absolute Gasteiger partial charge is 0.205 e. The van der Waals surface area contributed by atoms with Gasteiger partial charge in [0.25, 0.3) is 0 Å². The minimum absolute atomic E-state index is 0.246. The molecule has 37 heavy (non-hydrogen) atoms. The fourth-order valence-electron chi connectivity index (χ4n) is 4.43. The third-order valence-corrected chi connectivity index (χ3v) is 6.69. The van der Waals surface area contributed by atoms with Crippen LogP contribution in [0.25, 0.3) is 10.8 Å². The van der Waals surface area contributed by atoms with E-state index in [1.54, 1.807) is 6.07 Å². The van der Waals surface area contributed by atoms with Gasteiger partial charge in [0.2, 0.25) is 0 Å². The van der Waals surface area contributed by atoms with E-state index < -0.39 is 0 Å². The predicted octanol–water partition coefficient (Wildman–Crippen LogP) is 9.24. The van der Waals surface area contributed by atoms with Gasteiger partial charge < -0.3 is 0 Å². The van der Waals surface area contributed by atoms with Crippen LogP contribution in [0.15, 0.2) is 78.9 Å². The quantitative estimate of drug-likeness (QED) is 0.172. The maximum Gasteiger partial charge on any atom is 0.146 e. The molecule has 0 nitrogen and oxygen atoms in total. The number of aryl methyl sites for hydroxylation is 2. The van der Waals surface area contributed by atoms with E-state index in [4.69, 9.17) is 0 Å². The average molecular weight is 487 g/mol. The summed E-state index contributed by atoms with van der Waals surface area (Å²) in [6.07, 6.45) is 9.53. The first kappa shape index (κ1) is 26.3. The first-order valence-corrected chi connectivity index (χ1v) is 13.6. The average Bonchev–Trinajstić information content (AvgIpc) is 2.93. The minimum Gasteiger partial charge on any atom is -0.205 e. The summed E-state index contributed by atoms with van der Waals surface area (Å²) in [5.41, 5.74) is 5.85. The van der Waals surface area contributed by atoms with Gasteiger partial charge in [0.1, 0.15) is 5.82 Å². The molecule has 4 aromatic rings. The highest BCUT2D eigenvalue weighted by molar-refractivity contribution is 5.85. The lowest BCUT2D eigenvalue weighted by Crippen LogP contribution is -1.90. The summed E-state index contributed by atoms with van der Waals surface area (Å²) >= 11 is 0. The van der Waals surface area contributed by atoms with Crippen molar-refractivity contribution in [3.8, 4) is 23.7 Å². The zero-order valence-corrected chi connectivity index (χ0v) is 22.0. The molecular weight excluding hydrogens is 451 g/mol. The Labute approximate surface area is 222 Å². The summed E-state index contributed by atoms with van der Waals surface area (Å²) in [6.45, 7) is 4.43. The number of halogens is 1. The van der Waals surface area contributed by atoms with Gasteiger partial charge in [-0.1, -0.05) is 99.6 Å². The van der Waals surface area contributed by atoms with Crippen LogP contribution in [0, 0.1) is 29.5 Å². The number of hydrogen-bond donors (Lipinski definition) is 0. The molecule has 0 radical (unpaired) electrons. The summed E-state index contributed by atoms with van der Waals surface area (Å²) in [7, 11) is 0. The maximum atomic E-state index is 15.1. The van der Waals surface area contributed by atoms with E-state index in [2.05, 4.69) is 67.9 Å². The molecule has 0 aromatic heterocycles. The zero-order valence-electron chi connectivity index (χ0n) is 22.0. The zero-order chi connectivity index (χ0) is 25.9. The molecule has 4 rings (SSSR count). The second-order valence-corrected chi connectivity index (χ2v) is 9.67. The molecular formula is C36H35F. The summed E-state index contributed by atoms with van der Waals surface area (Å²) in [6, 6.07) is 26.2. The van der Waals surface area contributed by atoms with Gasteiger partial charge in [0.15, 0.2) is 0 Å². The van der Waals surface area contributed by atoms with Gasteiger partial charge in [-0.2, -0.15) is 0 Å². The van der Waals surface area contributed by atoms with Crippen LogP contribution < -0.4 is 0 Å². The van der Waals surface area contributed by atoms with E-state index >= 15 is 4.39 Å². The van der Waals surface area contributed by atoms with Crippen molar-refractivity contribution >= 4 is 10.8 Å². The van der Waals surface area contributed by atoms with Gasteiger partial charge >= 0.3 is 0 Å². The third kappa shape index (κ3) is 7.59. The number of benzene rings is 4. The number of fused-ring (bicyclic) bond motifs is 1. The molecule has 0 aliphatic carbocycles. The van der Waals surface area contributed by atoms with Crippen LogP contribution in [-0.4, -0.2) is 0 Å². The third-order valence-electron chi connectivity index (χ3n) is 6.69. The Morgan fingerprint density at radius 1 is 0.541 bits per heavy atom. The summed E-state index contributed by atoms with van der Waals surface area (Å²) in [5, 5.41) is 1.57.